The monoisotopic (exact) mass is 359 g/mol. The molecule has 1 aromatic heterocycles. The van der Waals surface area contributed by atoms with E-state index in [2.05, 4.69) is 26.2 Å². The zero-order valence-corrected chi connectivity index (χ0v) is 13.5. The number of methoxy groups -OCH3 is 1. The van der Waals surface area contributed by atoms with Crippen molar-refractivity contribution in [3.8, 4) is 12.3 Å². The lowest BCUT2D eigenvalue weighted by molar-refractivity contribution is 0.0601. The molecular formula is C15H14FN7O3. The van der Waals surface area contributed by atoms with Crippen molar-refractivity contribution < 1.29 is 18.7 Å². The van der Waals surface area contributed by atoms with Gasteiger partial charge in [0.05, 0.1) is 29.5 Å². The van der Waals surface area contributed by atoms with E-state index in [0.29, 0.717) is 4.79 Å². The summed E-state index contributed by atoms with van der Waals surface area (Å²) in [5, 5.41) is 9.43. The summed E-state index contributed by atoms with van der Waals surface area (Å²) in [5.74, 6) is 10.3. The molecule has 0 radical (unpaired) electrons. The maximum Gasteiger partial charge on any atom is 0.340 e. The summed E-state index contributed by atoms with van der Waals surface area (Å²) in [6.07, 6.45) is 5.21. The van der Waals surface area contributed by atoms with Crippen molar-refractivity contribution in [3.63, 3.8) is 0 Å². The SMILES string of the molecule is C#Cc1cc(NC(=O)c2cc(N)nn(N)/c2=N\N)c(C(=O)OC)cc1F. The second-order valence-electron chi connectivity index (χ2n) is 4.85. The highest BCUT2D eigenvalue weighted by Gasteiger charge is 2.20. The first-order chi connectivity index (χ1) is 12.3. The van der Waals surface area contributed by atoms with E-state index >= 15 is 0 Å². The number of rotatable bonds is 3. The fourth-order valence-corrected chi connectivity index (χ4v) is 2.09. The molecule has 0 spiro atoms. The maximum atomic E-state index is 13.9. The Balaban J connectivity index is 2.57. The molecule has 0 saturated heterocycles. The molecule has 26 heavy (non-hydrogen) atoms. The fraction of sp³-hybridized carbons (Fsp3) is 0.0667. The third kappa shape index (κ3) is 3.39. The average molecular weight is 359 g/mol. The number of aromatic nitrogens is 2. The lowest BCUT2D eigenvalue weighted by atomic mass is 10.1. The second-order valence-corrected chi connectivity index (χ2v) is 4.85. The van der Waals surface area contributed by atoms with Crippen LogP contribution in [0.3, 0.4) is 0 Å². The van der Waals surface area contributed by atoms with E-state index in [1.807, 2.05) is 0 Å². The smallest absolute Gasteiger partial charge is 0.340 e. The molecule has 2 rings (SSSR count). The summed E-state index contributed by atoms with van der Waals surface area (Å²) < 4.78 is 18.4. The van der Waals surface area contributed by atoms with Gasteiger partial charge in [-0.25, -0.2) is 9.18 Å². The average Bonchev–Trinajstić information content (AvgIpc) is 2.61. The van der Waals surface area contributed by atoms with E-state index in [4.69, 9.17) is 23.8 Å². The first-order valence-corrected chi connectivity index (χ1v) is 6.91. The summed E-state index contributed by atoms with van der Waals surface area (Å²) in [4.78, 5) is 25.1. The Bertz CT molecular complexity index is 1010. The fourth-order valence-electron chi connectivity index (χ4n) is 2.09. The molecule has 1 amide bonds. The van der Waals surface area contributed by atoms with Gasteiger partial charge in [-0.2, -0.15) is 9.89 Å². The molecule has 7 N–H and O–H groups in total. The predicted molar refractivity (Wildman–Crippen MR) is 90.2 cm³/mol. The van der Waals surface area contributed by atoms with Crippen molar-refractivity contribution in [2.24, 2.45) is 10.9 Å². The van der Waals surface area contributed by atoms with Crippen molar-refractivity contribution in [2.75, 3.05) is 24.0 Å². The van der Waals surface area contributed by atoms with Crippen LogP contribution in [0.4, 0.5) is 15.9 Å². The molecule has 0 atom stereocenters. The summed E-state index contributed by atoms with van der Waals surface area (Å²) in [6.45, 7) is 0. The van der Waals surface area contributed by atoms with Gasteiger partial charge in [0.1, 0.15) is 11.6 Å². The van der Waals surface area contributed by atoms with Gasteiger partial charge in [-0.15, -0.1) is 11.5 Å². The molecule has 11 heteroatoms. The number of nitrogens with two attached hydrogens (primary N) is 3. The minimum atomic E-state index is -0.880. The number of esters is 1. The number of benzene rings is 1. The summed E-state index contributed by atoms with van der Waals surface area (Å²) >= 11 is 0. The third-order valence-electron chi connectivity index (χ3n) is 3.26. The highest BCUT2D eigenvalue weighted by Crippen LogP contribution is 2.22. The van der Waals surface area contributed by atoms with Gasteiger partial charge in [0.25, 0.3) is 5.91 Å². The Morgan fingerprint density at radius 3 is 2.65 bits per heavy atom. The molecular weight excluding hydrogens is 345 g/mol. The van der Waals surface area contributed by atoms with Gasteiger partial charge in [-0.05, 0) is 18.2 Å². The molecule has 0 aliphatic heterocycles. The molecule has 134 valence electrons. The van der Waals surface area contributed by atoms with Gasteiger partial charge in [0.2, 0.25) is 5.49 Å². The van der Waals surface area contributed by atoms with Gasteiger partial charge < -0.3 is 27.5 Å². The Kier molecular flexibility index (Phi) is 5.07. The highest BCUT2D eigenvalue weighted by molar-refractivity contribution is 6.08. The van der Waals surface area contributed by atoms with Crippen LogP contribution in [0.15, 0.2) is 23.3 Å². The molecule has 0 aliphatic carbocycles. The predicted octanol–water partition coefficient (Wildman–Crippen LogP) is -0.887. The van der Waals surface area contributed by atoms with E-state index in [0.717, 1.165) is 19.2 Å². The van der Waals surface area contributed by atoms with E-state index in [1.165, 1.54) is 6.07 Å². The van der Waals surface area contributed by atoms with Crippen molar-refractivity contribution in [3.05, 3.63) is 46.2 Å². The number of nitrogens with one attached hydrogen (secondary N) is 1. The number of ether oxygens (including phenoxy) is 1. The van der Waals surface area contributed by atoms with E-state index in [1.54, 1.807) is 0 Å². The van der Waals surface area contributed by atoms with Crippen molar-refractivity contribution in [2.45, 2.75) is 0 Å². The first kappa shape index (κ1) is 18.3. The minimum Gasteiger partial charge on any atom is -0.465 e. The molecule has 0 unspecified atom stereocenters. The van der Waals surface area contributed by atoms with Crippen LogP contribution in [-0.2, 0) is 4.74 Å². The maximum absolute atomic E-state index is 13.9. The van der Waals surface area contributed by atoms with Gasteiger partial charge in [0, 0.05) is 0 Å². The lowest BCUT2D eigenvalue weighted by Gasteiger charge is -2.12. The first-order valence-electron chi connectivity index (χ1n) is 6.91. The van der Waals surface area contributed by atoms with Gasteiger partial charge in [-0.1, -0.05) is 5.92 Å². The van der Waals surface area contributed by atoms with Crippen LogP contribution in [0.25, 0.3) is 0 Å². The number of nitrogen functional groups attached to an aromatic ring is 2. The number of terminal acetylenes is 1. The molecule has 10 nitrogen and oxygen atoms in total. The Morgan fingerprint density at radius 2 is 2.08 bits per heavy atom. The van der Waals surface area contributed by atoms with Gasteiger partial charge >= 0.3 is 5.97 Å². The van der Waals surface area contributed by atoms with Crippen LogP contribution in [0.5, 0.6) is 0 Å². The number of anilines is 2. The number of nitrogens with zero attached hydrogens (tertiary/aromatic N) is 3. The number of carbonyl (C=O) groups is 2. The third-order valence-corrected chi connectivity index (χ3v) is 3.26. The van der Waals surface area contributed by atoms with Crippen molar-refractivity contribution in [1.82, 2.24) is 9.89 Å². The second kappa shape index (κ2) is 7.22. The number of hydrogen-bond donors (Lipinski definition) is 4. The van der Waals surface area contributed by atoms with Gasteiger partial charge in [-0.3, -0.25) is 4.79 Å². The molecule has 0 aliphatic rings. The van der Waals surface area contributed by atoms with Crippen LogP contribution in [0.2, 0.25) is 0 Å². The summed E-state index contributed by atoms with van der Waals surface area (Å²) in [5.41, 5.74) is 4.74. The van der Waals surface area contributed by atoms with Crippen LogP contribution in [0.1, 0.15) is 26.3 Å². The lowest BCUT2D eigenvalue weighted by Crippen LogP contribution is -2.38. The molecule has 1 aromatic carbocycles. The van der Waals surface area contributed by atoms with Crippen LogP contribution in [0, 0.1) is 18.2 Å². The number of amides is 1. The number of carbonyl (C=O) groups excluding carboxylic acids is 2. The summed E-state index contributed by atoms with van der Waals surface area (Å²) in [6, 6.07) is 3.14. The normalized spacial score (nSPS) is 10.9. The molecule has 2 aromatic rings. The van der Waals surface area contributed by atoms with E-state index in [-0.39, 0.29) is 33.7 Å². The Hall–Kier alpha value is -4.07. The Labute approximate surface area is 146 Å². The zero-order chi connectivity index (χ0) is 19.4. The zero-order valence-electron chi connectivity index (χ0n) is 13.5. The molecule has 1 heterocycles. The standard InChI is InChI=1S/C15H14FN7O3/c1-3-7-4-11(8(5-10(7)16)15(25)26-2)20-14(24)9-6-12(17)22-23(19)13(9)21-18/h1,4-6H,18-19H2,2H3,(H2,17,22)(H,20,24)/b21-13-. The molecule has 0 fully saturated rings. The number of hydrogen-bond acceptors (Lipinski definition) is 8. The highest BCUT2D eigenvalue weighted by atomic mass is 19.1. The van der Waals surface area contributed by atoms with Crippen molar-refractivity contribution >= 4 is 23.4 Å². The largest absolute Gasteiger partial charge is 0.465 e. The van der Waals surface area contributed by atoms with E-state index in [9.17, 15) is 14.0 Å². The van der Waals surface area contributed by atoms with Crippen LogP contribution in [-0.4, -0.2) is 28.9 Å². The topological polar surface area (TPSA) is 164 Å². The van der Waals surface area contributed by atoms with Crippen LogP contribution < -0.4 is 28.2 Å². The molecule has 0 bridgehead atoms. The minimum absolute atomic E-state index is 0.0818. The van der Waals surface area contributed by atoms with Crippen LogP contribution >= 0.6 is 0 Å². The quantitative estimate of drug-likeness (QED) is 0.239. The molecule has 0 saturated carbocycles. The number of halogens is 1. The summed E-state index contributed by atoms with van der Waals surface area (Å²) in [7, 11) is 1.10. The Morgan fingerprint density at radius 1 is 1.38 bits per heavy atom. The van der Waals surface area contributed by atoms with Gasteiger partial charge in [0.15, 0.2) is 0 Å². The van der Waals surface area contributed by atoms with Crippen molar-refractivity contribution in [1.29, 1.82) is 0 Å². The van der Waals surface area contributed by atoms with E-state index < -0.39 is 17.7 Å².